The average molecular weight is 294 g/mol. The van der Waals surface area contributed by atoms with Crippen LogP contribution in [0.3, 0.4) is 0 Å². The molecule has 102 valence electrons. The molecule has 0 unspecified atom stereocenters. The van der Waals surface area contributed by atoms with E-state index in [0.29, 0.717) is 0 Å². The number of hydrogen-bond acceptors (Lipinski definition) is 6. The Morgan fingerprint density at radius 2 is 2.11 bits per heavy atom. The third kappa shape index (κ3) is 4.56. The molecule has 2 aromatic heterocycles. The van der Waals surface area contributed by atoms with Gasteiger partial charge in [-0.2, -0.15) is 4.37 Å². The number of nitrogens with one attached hydrogen (secondary N) is 1. The first-order valence-electron chi connectivity index (χ1n) is 6.09. The van der Waals surface area contributed by atoms with Gasteiger partial charge in [-0.15, -0.1) is 0 Å². The summed E-state index contributed by atoms with van der Waals surface area (Å²) in [4.78, 5) is 8.68. The van der Waals surface area contributed by atoms with Crippen molar-refractivity contribution >= 4 is 23.3 Å². The van der Waals surface area contributed by atoms with Gasteiger partial charge in [0.1, 0.15) is 11.4 Å². The van der Waals surface area contributed by atoms with Gasteiger partial charge in [0.2, 0.25) is 0 Å². The summed E-state index contributed by atoms with van der Waals surface area (Å²) in [6.07, 6.45) is 3.50. The smallest absolute Gasteiger partial charge is 0.176 e. The highest BCUT2D eigenvalue weighted by Gasteiger charge is 2.10. The maximum absolute atomic E-state index is 4.52. The van der Waals surface area contributed by atoms with Crippen LogP contribution in [0.25, 0.3) is 0 Å². The highest BCUT2D eigenvalue weighted by molar-refractivity contribution is 8.00. The van der Waals surface area contributed by atoms with E-state index in [4.69, 9.17) is 0 Å². The molecule has 0 saturated heterocycles. The molecule has 2 rings (SSSR count). The van der Waals surface area contributed by atoms with Crippen molar-refractivity contribution in [2.24, 2.45) is 0 Å². The van der Waals surface area contributed by atoms with Crippen molar-refractivity contribution in [3.8, 4) is 0 Å². The molecule has 0 aliphatic carbocycles. The molecule has 0 aromatic carbocycles. The summed E-state index contributed by atoms with van der Waals surface area (Å²) in [5, 5.41) is 4.46. The van der Waals surface area contributed by atoms with Gasteiger partial charge in [-0.3, -0.25) is 0 Å². The number of nitrogens with zero attached hydrogens (tertiary/aromatic N) is 3. The van der Waals surface area contributed by atoms with Crippen LogP contribution < -0.4 is 5.32 Å². The van der Waals surface area contributed by atoms with Crippen molar-refractivity contribution in [2.45, 2.75) is 49.1 Å². The van der Waals surface area contributed by atoms with Crippen LogP contribution in [0, 0.1) is 6.92 Å². The number of hydrogen-bond donors (Lipinski definition) is 1. The molecule has 0 fully saturated rings. The Labute approximate surface area is 122 Å². The first-order chi connectivity index (χ1) is 8.94. The van der Waals surface area contributed by atoms with Gasteiger partial charge in [-0.05, 0) is 62.1 Å². The van der Waals surface area contributed by atoms with Gasteiger partial charge >= 0.3 is 0 Å². The summed E-state index contributed by atoms with van der Waals surface area (Å²) in [6.45, 7) is 9.39. The van der Waals surface area contributed by atoms with Crippen molar-refractivity contribution in [2.75, 3.05) is 0 Å². The van der Waals surface area contributed by atoms with E-state index >= 15 is 0 Å². The van der Waals surface area contributed by atoms with E-state index in [9.17, 15) is 0 Å². The molecule has 0 radical (unpaired) electrons. The minimum absolute atomic E-state index is 0.119. The van der Waals surface area contributed by atoms with Crippen molar-refractivity contribution in [3.63, 3.8) is 0 Å². The molecule has 0 amide bonds. The summed E-state index contributed by atoms with van der Waals surface area (Å²) in [7, 11) is 0. The van der Waals surface area contributed by atoms with E-state index in [1.165, 1.54) is 22.7 Å². The monoisotopic (exact) mass is 294 g/mol. The predicted molar refractivity (Wildman–Crippen MR) is 79.6 cm³/mol. The zero-order valence-electron chi connectivity index (χ0n) is 11.6. The fourth-order valence-corrected chi connectivity index (χ4v) is 2.87. The minimum atomic E-state index is 0.119. The third-order valence-corrected chi connectivity index (χ3v) is 4.27. The van der Waals surface area contributed by atoms with Crippen LogP contribution in [-0.2, 0) is 6.54 Å². The lowest BCUT2D eigenvalue weighted by molar-refractivity contribution is 0.424. The molecule has 0 spiro atoms. The van der Waals surface area contributed by atoms with Crippen molar-refractivity contribution in [1.29, 1.82) is 0 Å². The predicted octanol–water partition coefficient (Wildman–Crippen LogP) is 3.28. The van der Waals surface area contributed by atoms with E-state index < -0.39 is 0 Å². The first kappa shape index (κ1) is 14.4. The van der Waals surface area contributed by atoms with Crippen LogP contribution >= 0.6 is 23.3 Å². The third-order valence-electron chi connectivity index (χ3n) is 2.43. The Morgan fingerprint density at radius 1 is 1.32 bits per heavy atom. The number of pyridine rings is 1. The normalized spacial score (nSPS) is 11.8. The number of aromatic nitrogens is 3. The van der Waals surface area contributed by atoms with Crippen LogP contribution in [-0.4, -0.2) is 19.9 Å². The second-order valence-electron chi connectivity index (χ2n) is 5.38. The van der Waals surface area contributed by atoms with E-state index in [1.54, 1.807) is 18.1 Å². The van der Waals surface area contributed by atoms with Gasteiger partial charge in [0, 0.05) is 18.3 Å². The Bertz CT molecular complexity index is 532. The number of rotatable bonds is 4. The Hall–Kier alpha value is -0.980. The summed E-state index contributed by atoms with van der Waals surface area (Å²) in [6, 6.07) is 2.18. The highest BCUT2D eigenvalue weighted by atomic mass is 32.2. The second kappa shape index (κ2) is 5.98. The summed E-state index contributed by atoms with van der Waals surface area (Å²) in [5.74, 6) is 0. The molecule has 6 heteroatoms. The zero-order valence-corrected chi connectivity index (χ0v) is 13.2. The highest BCUT2D eigenvalue weighted by Crippen LogP contribution is 2.29. The average Bonchev–Trinajstić information content (AvgIpc) is 2.81. The van der Waals surface area contributed by atoms with Crippen LogP contribution in [0.4, 0.5) is 0 Å². The fourth-order valence-electron chi connectivity index (χ4n) is 1.48. The van der Waals surface area contributed by atoms with Crippen LogP contribution in [0.5, 0.6) is 0 Å². The van der Waals surface area contributed by atoms with Crippen LogP contribution in [0.15, 0.2) is 28.0 Å². The van der Waals surface area contributed by atoms with E-state index in [-0.39, 0.29) is 5.54 Å². The van der Waals surface area contributed by atoms with Gasteiger partial charge in [-0.25, -0.2) is 9.97 Å². The molecule has 2 heterocycles. The number of aryl methyl sites for hydroxylation is 1. The lowest BCUT2D eigenvalue weighted by Gasteiger charge is -2.20. The van der Waals surface area contributed by atoms with Crippen molar-refractivity contribution in [1.82, 2.24) is 19.7 Å². The molecule has 0 saturated carbocycles. The van der Waals surface area contributed by atoms with Crippen LogP contribution in [0.2, 0.25) is 0 Å². The molecule has 0 atom stereocenters. The lowest BCUT2D eigenvalue weighted by Crippen LogP contribution is -2.35. The summed E-state index contributed by atoms with van der Waals surface area (Å²) < 4.78 is 4.92. The Morgan fingerprint density at radius 3 is 2.68 bits per heavy atom. The van der Waals surface area contributed by atoms with Crippen LogP contribution in [0.1, 0.15) is 31.9 Å². The van der Waals surface area contributed by atoms with E-state index in [0.717, 1.165) is 15.9 Å². The molecule has 0 bridgehead atoms. The van der Waals surface area contributed by atoms with Crippen molar-refractivity contribution in [3.05, 3.63) is 29.7 Å². The van der Waals surface area contributed by atoms with Gasteiger partial charge in [0.05, 0.1) is 0 Å². The van der Waals surface area contributed by atoms with E-state index in [2.05, 4.69) is 53.4 Å². The standard InChI is InChI=1S/C13H18N4S2/c1-9-5-10(7-16-13(2,3)4)6-14-11(9)18-12-15-8-17-19-12/h5-6,8,16H,7H2,1-4H3. The summed E-state index contributed by atoms with van der Waals surface area (Å²) in [5.41, 5.74) is 2.50. The largest absolute Gasteiger partial charge is 0.308 e. The Balaban J connectivity index is 2.05. The van der Waals surface area contributed by atoms with Gasteiger partial charge in [0.25, 0.3) is 0 Å². The zero-order chi connectivity index (χ0) is 13.9. The quantitative estimate of drug-likeness (QED) is 0.938. The van der Waals surface area contributed by atoms with Gasteiger partial charge < -0.3 is 5.32 Å². The van der Waals surface area contributed by atoms with Gasteiger partial charge in [-0.1, -0.05) is 6.07 Å². The van der Waals surface area contributed by atoms with E-state index in [1.807, 2.05) is 6.20 Å². The SMILES string of the molecule is Cc1cc(CNC(C)(C)C)cnc1Sc1ncns1. The second-order valence-corrected chi connectivity index (χ2v) is 7.39. The maximum atomic E-state index is 4.52. The van der Waals surface area contributed by atoms with Crippen molar-refractivity contribution < 1.29 is 0 Å². The fraction of sp³-hybridized carbons (Fsp3) is 0.462. The molecular formula is C13H18N4S2. The Kier molecular flexibility index (Phi) is 4.54. The molecule has 2 aromatic rings. The molecular weight excluding hydrogens is 276 g/mol. The molecule has 0 aliphatic rings. The molecule has 1 N–H and O–H groups in total. The molecule has 19 heavy (non-hydrogen) atoms. The first-order valence-corrected chi connectivity index (χ1v) is 7.68. The molecule has 0 aliphatic heterocycles. The topological polar surface area (TPSA) is 50.7 Å². The minimum Gasteiger partial charge on any atom is -0.308 e. The van der Waals surface area contributed by atoms with Gasteiger partial charge in [0.15, 0.2) is 4.34 Å². The molecule has 4 nitrogen and oxygen atoms in total. The maximum Gasteiger partial charge on any atom is 0.176 e. The lowest BCUT2D eigenvalue weighted by atomic mass is 10.1. The summed E-state index contributed by atoms with van der Waals surface area (Å²) >= 11 is 2.96.